The Hall–Kier alpha value is -2.44. The minimum absolute atomic E-state index is 0.228. The summed E-state index contributed by atoms with van der Waals surface area (Å²) in [6, 6.07) is 13.2. The third kappa shape index (κ3) is 4.78. The molecule has 0 aliphatic heterocycles. The van der Waals surface area contributed by atoms with E-state index in [1.54, 1.807) is 29.6 Å². The van der Waals surface area contributed by atoms with Gasteiger partial charge in [-0.2, -0.15) is 0 Å². The molecule has 0 radical (unpaired) electrons. The molecule has 1 aromatic heterocycles. The number of ether oxygens (including phenoxy) is 1. The molecule has 0 unspecified atom stereocenters. The summed E-state index contributed by atoms with van der Waals surface area (Å²) in [6.07, 6.45) is 0. The van der Waals surface area contributed by atoms with Crippen molar-refractivity contribution in [1.29, 1.82) is 0 Å². The SMILES string of the molecule is O=C(NCc1cccc(F)c1)c1csc(COc2ccccc2Cl)n1. The second kappa shape index (κ2) is 8.09. The monoisotopic (exact) mass is 376 g/mol. The van der Waals surface area contributed by atoms with Gasteiger partial charge in [0.25, 0.3) is 5.91 Å². The lowest BCUT2D eigenvalue weighted by Gasteiger charge is -2.05. The Labute approximate surface area is 153 Å². The highest BCUT2D eigenvalue weighted by Crippen LogP contribution is 2.24. The van der Waals surface area contributed by atoms with Crippen LogP contribution in [-0.4, -0.2) is 10.9 Å². The number of hydrogen-bond donors (Lipinski definition) is 1. The van der Waals surface area contributed by atoms with Gasteiger partial charge in [-0.25, -0.2) is 9.37 Å². The van der Waals surface area contributed by atoms with E-state index >= 15 is 0 Å². The Bertz CT molecular complexity index is 885. The van der Waals surface area contributed by atoms with E-state index < -0.39 is 0 Å². The first-order chi connectivity index (χ1) is 12.1. The van der Waals surface area contributed by atoms with Crippen molar-refractivity contribution >= 4 is 28.8 Å². The predicted octanol–water partition coefficient (Wildman–Crippen LogP) is 4.44. The minimum Gasteiger partial charge on any atom is -0.485 e. The lowest BCUT2D eigenvalue weighted by Crippen LogP contribution is -2.23. The summed E-state index contributed by atoms with van der Waals surface area (Å²) in [5, 5.41) is 5.56. The van der Waals surface area contributed by atoms with Crippen LogP contribution in [0.3, 0.4) is 0 Å². The number of carbonyl (C=O) groups excluding carboxylic acids is 1. The fourth-order valence-electron chi connectivity index (χ4n) is 2.10. The molecule has 1 amide bonds. The van der Waals surface area contributed by atoms with Gasteiger partial charge in [-0.05, 0) is 29.8 Å². The molecule has 3 aromatic rings. The summed E-state index contributed by atoms with van der Waals surface area (Å²) in [5.41, 5.74) is 0.991. The average molecular weight is 377 g/mol. The smallest absolute Gasteiger partial charge is 0.271 e. The second-order valence-electron chi connectivity index (χ2n) is 5.16. The summed E-state index contributed by atoms with van der Waals surface area (Å²) in [5.74, 6) is -0.0830. The van der Waals surface area contributed by atoms with E-state index in [9.17, 15) is 9.18 Å². The molecule has 0 spiro atoms. The van der Waals surface area contributed by atoms with Gasteiger partial charge in [-0.3, -0.25) is 4.79 Å². The third-order valence-electron chi connectivity index (χ3n) is 3.31. The highest BCUT2D eigenvalue weighted by molar-refractivity contribution is 7.09. The molecule has 1 N–H and O–H groups in total. The number of aromatic nitrogens is 1. The quantitative estimate of drug-likeness (QED) is 0.691. The summed E-state index contributed by atoms with van der Waals surface area (Å²) < 4.78 is 18.7. The molecule has 128 valence electrons. The van der Waals surface area contributed by atoms with Crippen molar-refractivity contribution < 1.29 is 13.9 Å². The lowest BCUT2D eigenvalue weighted by atomic mass is 10.2. The van der Waals surface area contributed by atoms with E-state index in [-0.39, 0.29) is 24.9 Å². The molecule has 0 aliphatic rings. The standard InChI is InChI=1S/C18H14ClFN2O2S/c19-14-6-1-2-7-16(14)24-10-17-22-15(11-25-17)18(23)21-9-12-4-3-5-13(20)8-12/h1-8,11H,9-10H2,(H,21,23). The molecule has 0 aliphatic carbocycles. The Morgan fingerprint density at radius 1 is 1.24 bits per heavy atom. The van der Waals surface area contributed by atoms with E-state index in [2.05, 4.69) is 10.3 Å². The third-order valence-corrected chi connectivity index (χ3v) is 4.45. The van der Waals surface area contributed by atoms with E-state index in [1.165, 1.54) is 23.5 Å². The molecule has 25 heavy (non-hydrogen) atoms. The van der Waals surface area contributed by atoms with E-state index in [0.717, 1.165) is 0 Å². The van der Waals surface area contributed by atoms with Crippen LogP contribution in [0.5, 0.6) is 5.75 Å². The van der Waals surface area contributed by atoms with Crippen molar-refractivity contribution in [2.75, 3.05) is 0 Å². The van der Waals surface area contributed by atoms with Gasteiger partial charge in [0.15, 0.2) is 0 Å². The maximum atomic E-state index is 13.1. The van der Waals surface area contributed by atoms with Crippen molar-refractivity contribution in [3.8, 4) is 5.75 Å². The van der Waals surface area contributed by atoms with E-state index in [0.29, 0.717) is 27.0 Å². The maximum absolute atomic E-state index is 13.1. The van der Waals surface area contributed by atoms with Gasteiger partial charge in [0, 0.05) is 11.9 Å². The minimum atomic E-state index is -0.334. The zero-order valence-electron chi connectivity index (χ0n) is 13.0. The van der Waals surface area contributed by atoms with Crippen LogP contribution in [0, 0.1) is 5.82 Å². The van der Waals surface area contributed by atoms with Crippen LogP contribution in [0.4, 0.5) is 4.39 Å². The fourth-order valence-corrected chi connectivity index (χ4v) is 2.98. The number of hydrogen-bond acceptors (Lipinski definition) is 4. The molecule has 0 saturated carbocycles. The van der Waals surface area contributed by atoms with Gasteiger partial charge >= 0.3 is 0 Å². The number of halogens is 2. The molecule has 0 bridgehead atoms. The molecule has 2 aromatic carbocycles. The van der Waals surface area contributed by atoms with E-state index in [4.69, 9.17) is 16.3 Å². The van der Waals surface area contributed by atoms with Crippen molar-refractivity contribution in [3.05, 3.63) is 81.0 Å². The number of benzene rings is 2. The number of nitrogens with zero attached hydrogens (tertiary/aromatic N) is 1. The molecule has 0 saturated heterocycles. The largest absolute Gasteiger partial charge is 0.485 e. The Kier molecular flexibility index (Phi) is 5.63. The zero-order chi connectivity index (χ0) is 17.6. The Morgan fingerprint density at radius 2 is 2.08 bits per heavy atom. The van der Waals surface area contributed by atoms with Gasteiger partial charge in [0.1, 0.15) is 28.9 Å². The van der Waals surface area contributed by atoms with Crippen LogP contribution in [0.15, 0.2) is 53.9 Å². The van der Waals surface area contributed by atoms with Crippen molar-refractivity contribution in [2.24, 2.45) is 0 Å². The van der Waals surface area contributed by atoms with Crippen LogP contribution in [0.25, 0.3) is 0 Å². The molecular weight excluding hydrogens is 363 g/mol. The van der Waals surface area contributed by atoms with Gasteiger partial charge in [0.05, 0.1) is 5.02 Å². The van der Waals surface area contributed by atoms with Crippen LogP contribution in [0.2, 0.25) is 5.02 Å². The fraction of sp³-hybridized carbons (Fsp3) is 0.111. The molecule has 0 fully saturated rings. The molecular formula is C18H14ClFN2O2S. The number of para-hydroxylation sites is 1. The van der Waals surface area contributed by atoms with Crippen molar-refractivity contribution in [2.45, 2.75) is 13.2 Å². The highest BCUT2D eigenvalue weighted by Gasteiger charge is 2.11. The van der Waals surface area contributed by atoms with Crippen LogP contribution >= 0.6 is 22.9 Å². The molecule has 0 atom stereocenters. The van der Waals surface area contributed by atoms with Gasteiger partial charge in [0.2, 0.25) is 0 Å². The summed E-state index contributed by atoms with van der Waals surface area (Å²) in [4.78, 5) is 16.4. The number of thiazole rings is 1. The van der Waals surface area contributed by atoms with E-state index in [1.807, 2.05) is 12.1 Å². The van der Waals surface area contributed by atoms with Crippen LogP contribution in [-0.2, 0) is 13.2 Å². The summed E-state index contributed by atoms with van der Waals surface area (Å²) in [7, 11) is 0. The van der Waals surface area contributed by atoms with Gasteiger partial charge < -0.3 is 10.1 Å². The Balaban J connectivity index is 1.55. The maximum Gasteiger partial charge on any atom is 0.271 e. The average Bonchev–Trinajstić information content (AvgIpc) is 3.08. The van der Waals surface area contributed by atoms with Crippen LogP contribution < -0.4 is 10.1 Å². The second-order valence-corrected chi connectivity index (χ2v) is 6.51. The number of rotatable bonds is 6. The van der Waals surface area contributed by atoms with Gasteiger partial charge in [-0.1, -0.05) is 35.9 Å². The topological polar surface area (TPSA) is 51.2 Å². The number of nitrogens with one attached hydrogen (secondary N) is 1. The Morgan fingerprint density at radius 3 is 2.88 bits per heavy atom. The first-order valence-corrected chi connectivity index (χ1v) is 8.72. The number of carbonyl (C=O) groups is 1. The van der Waals surface area contributed by atoms with Gasteiger partial charge in [-0.15, -0.1) is 11.3 Å². The molecule has 3 rings (SSSR count). The molecule has 1 heterocycles. The predicted molar refractivity (Wildman–Crippen MR) is 95.5 cm³/mol. The summed E-state index contributed by atoms with van der Waals surface area (Å²) in [6.45, 7) is 0.463. The molecule has 4 nitrogen and oxygen atoms in total. The zero-order valence-corrected chi connectivity index (χ0v) is 14.6. The molecule has 7 heteroatoms. The number of amides is 1. The highest BCUT2D eigenvalue weighted by atomic mass is 35.5. The first kappa shape index (κ1) is 17.4. The first-order valence-electron chi connectivity index (χ1n) is 7.46. The lowest BCUT2D eigenvalue weighted by molar-refractivity contribution is 0.0946. The summed E-state index contributed by atoms with van der Waals surface area (Å²) >= 11 is 7.35. The van der Waals surface area contributed by atoms with Crippen molar-refractivity contribution in [3.63, 3.8) is 0 Å². The van der Waals surface area contributed by atoms with Crippen LogP contribution in [0.1, 0.15) is 21.1 Å². The van der Waals surface area contributed by atoms with Crippen molar-refractivity contribution in [1.82, 2.24) is 10.3 Å². The normalized spacial score (nSPS) is 10.5.